The van der Waals surface area contributed by atoms with Crippen LogP contribution in [-0.2, 0) is 6.42 Å². The Labute approximate surface area is 207 Å². The zero-order valence-corrected chi connectivity index (χ0v) is 20.9. The summed E-state index contributed by atoms with van der Waals surface area (Å²) in [5.74, 6) is -0.0468. The van der Waals surface area contributed by atoms with E-state index in [2.05, 4.69) is 30.7 Å². The lowest BCUT2D eigenvalue weighted by molar-refractivity contribution is 0.0722. The van der Waals surface area contributed by atoms with Gasteiger partial charge in [-0.25, -0.2) is 19.2 Å². The Morgan fingerprint density at radius 1 is 0.971 bits per heavy atom. The first-order chi connectivity index (χ1) is 17.0. The topological polar surface area (TPSA) is 61.3 Å². The number of esters is 1. The highest BCUT2D eigenvalue weighted by molar-refractivity contribution is 5.91. The highest BCUT2D eigenvalue weighted by Crippen LogP contribution is 2.22. The summed E-state index contributed by atoms with van der Waals surface area (Å²) in [6.07, 6.45) is 10.5. The SMILES string of the molecule is CCCCCCCc1ccc(C(=O)Oc2cnc(-c3ccc(OCC(C)CC)cc3)cn2)c(F)c1. The number of hydrogen-bond acceptors (Lipinski definition) is 5. The standard InChI is InChI=1S/C29H35FN2O3/c1-4-6-7-8-9-10-22-11-16-25(26(30)17-22)29(33)35-28-19-31-27(18-32-28)23-12-14-24(15-13-23)34-20-21(3)5-2/h11-19,21H,4-10,20H2,1-3H3. The lowest BCUT2D eigenvalue weighted by Gasteiger charge is -2.11. The summed E-state index contributed by atoms with van der Waals surface area (Å²) in [5, 5.41) is 0. The first-order valence-corrected chi connectivity index (χ1v) is 12.6. The molecule has 0 N–H and O–H groups in total. The fourth-order valence-electron chi connectivity index (χ4n) is 3.56. The molecule has 0 saturated carbocycles. The number of hydrogen-bond donors (Lipinski definition) is 0. The number of ether oxygens (including phenoxy) is 2. The van der Waals surface area contributed by atoms with E-state index in [0.29, 0.717) is 18.2 Å². The van der Waals surface area contributed by atoms with Gasteiger partial charge in [0.15, 0.2) is 0 Å². The highest BCUT2D eigenvalue weighted by atomic mass is 19.1. The maximum absolute atomic E-state index is 14.5. The van der Waals surface area contributed by atoms with Gasteiger partial charge in [0.05, 0.1) is 30.3 Å². The summed E-state index contributed by atoms with van der Waals surface area (Å²) in [6, 6.07) is 12.3. The van der Waals surface area contributed by atoms with Crippen molar-refractivity contribution < 1.29 is 18.7 Å². The van der Waals surface area contributed by atoms with Crippen LogP contribution in [0.15, 0.2) is 54.9 Å². The molecular weight excluding hydrogens is 443 g/mol. The highest BCUT2D eigenvalue weighted by Gasteiger charge is 2.16. The van der Waals surface area contributed by atoms with Gasteiger partial charge in [-0.15, -0.1) is 0 Å². The maximum atomic E-state index is 14.5. The summed E-state index contributed by atoms with van der Waals surface area (Å²) < 4.78 is 25.6. The number of nitrogens with zero attached hydrogens (tertiary/aromatic N) is 2. The number of carbonyl (C=O) groups is 1. The van der Waals surface area contributed by atoms with Gasteiger partial charge in [-0.05, 0) is 60.7 Å². The second-order valence-corrected chi connectivity index (χ2v) is 8.96. The average Bonchev–Trinajstić information content (AvgIpc) is 2.88. The normalized spacial score (nSPS) is 11.8. The summed E-state index contributed by atoms with van der Waals surface area (Å²) in [4.78, 5) is 21.0. The van der Waals surface area contributed by atoms with Gasteiger partial charge in [0.1, 0.15) is 11.6 Å². The van der Waals surface area contributed by atoms with E-state index in [1.54, 1.807) is 6.07 Å². The number of aryl methyl sites for hydroxylation is 1. The number of benzene rings is 2. The number of rotatable bonds is 13. The molecule has 0 spiro atoms. The van der Waals surface area contributed by atoms with E-state index in [-0.39, 0.29) is 11.4 Å². The number of carbonyl (C=O) groups excluding carboxylic acids is 1. The van der Waals surface area contributed by atoms with Crippen molar-refractivity contribution in [1.82, 2.24) is 9.97 Å². The average molecular weight is 479 g/mol. The quantitative estimate of drug-likeness (QED) is 0.189. The number of unbranched alkanes of at least 4 members (excludes halogenated alkanes) is 4. The smallest absolute Gasteiger partial charge is 0.347 e. The molecule has 1 atom stereocenters. The molecule has 5 nitrogen and oxygen atoms in total. The minimum atomic E-state index is -0.790. The Morgan fingerprint density at radius 2 is 1.74 bits per heavy atom. The van der Waals surface area contributed by atoms with E-state index in [1.807, 2.05) is 24.3 Å². The van der Waals surface area contributed by atoms with Crippen molar-refractivity contribution in [3.8, 4) is 22.9 Å². The molecule has 3 aromatic rings. The van der Waals surface area contributed by atoms with E-state index in [1.165, 1.54) is 43.8 Å². The molecule has 0 aliphatic rings. The monoisotopic (exact) mass is 478 g/mol. The Balaban J connectivity index is 1.55. The zero-order valence-electron chi connectivity index (χ0n) is 20.9. The third kappa shape index (κ3) is 8.16. The molecule has 1 unspecified atom stereocenters. The minimum absolute atomic E-state index is 0.0201. The Bertz CT molecular complexity index is 1070. The van der Waals surface area contributed by atoms with Crippen LogP contribution in [0.1, 0.15) is 75.2 Å². The van der Waals surface area contributed by atoms with Crippen LogP contribution in [0.25, 0.3) is 11.3 Å². The van der Waals surface area contributed by atoms with Gasteiger partial charge in [-0.1, -0.05) is 58.9 Å². The zero-order chi connectivity index (χ0) is 25.0. The van der Waals surface area contributed by atoms with Crippen LogP contribution in [0.5, 0.6) is 11.6 Å². The maximum Gasteiger partial charge on any atom is 0.347 e. The number of halogens is 1. The van der Waals surface area contributed by atoms with Crippen LogP contribution < -0.4 is 9.47 Å². The first-order valence-electron chi connectivity index (χ1n) is 12.6. The van der Waals surface area contributed by atoms with Crippen molar-refractivity contribution in [1.29, 1.82) is 0 Å². The Morgan fingerprint density at radius 3 is 2.40 bits per heavy atom. The molecule has 0 amide bonds. The van der Waals surface area contributed by atoms with E-state index >= 15 is 0 Å². The van der Waals surface area contributed by atoms with Crippen LogP contribution in [0.3, 0.4) is 0 Å². The third-order valence-electron chi connectivity index (χ3n) is 6.03. The molecule has 1 aromatic heterocycles. The van der Waals surface area contributed by atoms with E-state index in [9.17, 15) is 9.18 Å². The predicted molar refractivity (Wildman–Crippen MR) is 136 cm³/mol. The molecule has 2 aromatic carbocycles. The van der Waals surface area contributed by atoms with E-state index < -0.39 is 11.8 Å². The molecule has 0 saturated heterocycles. The van der Waals surface area contributed by atoms with E-state index in [0.717, 1.165) is 42.6 Å². The molecule has 0 bridgehead atoms. The number of aromatic nitrogens is 2. The molecule has 3 rings (SSSR count). The minimum Gasteiger partial charge on any atom is -0.493 e. The molecule has 186 valence electrons. The largest absolute Gasteiger partial charge is 0.493 e. The lowest BCUT2D eigenvalue weighted by atomic mass is 10.0. The summed E-state index contributed by atoms with van der Waals surface area (Å²) >= 11 is 0. The second-order valence-electron chi connectivity index (χ2n) is 8.96. The second kappa shape index (κ2) is 13.6. The van der Waals surface area contributed by atoms with Crippen LogP contribution in [0, 0.1) is 11.7 Å². The molecule has 0 radical (unpaired) electrons. The molecule has 35 heavy (non-hydrogen) atoms. The van der Waals surface area contributed by atoms with E-state index in [4.69, 9.17) is 9.47 Å². The molecule has 6 heteroatoms. The van der Waals surface area contributed by atoms with Gasteiger partial charge in [0, 0.05) is 5.56 Å². The fraction of sp³-hybridized carbons (Fsp3) is 0.414. The van der Waals surface area contributed by atoms with Gasteiger partial charge < -0.3 is 9.47 Å². The fourth-order valence-corrected chi connectivity index (χ4v) is 3.56. The molecule has 0 fully saturated rings. The predicted octanol–water partition coefficient (Wildman–Crippen LogP) is 7.44. The molecule has 1 heterocycles. The van der Waals surface area contributed by atoms with Crippen LogP contribution in [0.4, 0.5) is 4.39 Å². The summed E-state index contributed by atoms with van der Waals surface area (Å²) in [7, 11) is 0. The van der Waals surface area contributed by atoms with Gasteiger partial charge >= 0.3 is 5.97 Å². The molecule has 0 aliphatic carbocycles. The summed E-state index contributed by atoms with van der Waals surface area (Å²) in [6.45, 7) is 7.15. The first kappa shape index (κ1) is 26.3. The van der Waals surface area contributed by atoms with Crippen molar-refractivity contribution in [2.45, 2.75) is 65.7 Å². The van der Waals surface area contributed by atoms with Crippen LogP contribution >= 0.6 is 0 Å². The van der Waals surface area contributed by atoms with Gasteiger partial charge in [-0.2, -0.15) is 0 Å². The Hall–Kier alpha value is -3.28. The third-order valence-corrected chi connectivity index (χ3v) is 6.03. The van der Waals surface area contributed by atoms with Crippen molar-refractivity contribution >= 4 is 5.97 Å². The molecular formula is C29H35FN2O3. The Kier molecular flexibility index (Phi) is 10.2. The van der Waals surface area contributed by atoms with Gasteiger partial charge in [0.25, 0.3) is 0 Å². The molecule has 0 aliphatic heterocycles. The van der Waals surface area contributed by atoms with Crippen LogP contribution in [0.2, 0.25) is 0 Å². The van der Waals surface area contributed by atoms with Crippen LogP contribution in [-0.4, -0.2) is 22.5 Å². The van der Waals surface area contributed by atoms with Crippen molar-refractivity contribution in [2.75, 3.05) is 6.61 Å². The van der Waals surface area contributed by atoms with Gasteiger partial charge in [0.2, 0.25) is 5.88 Å². The lowest BCUT2D eigenvalue weighted by Crippen LogP contribution is -2.12. The van der Waals surface area contributed by atoms with Crippen molar-refractivity contribution in [3.63, 3.8) is 0 Å². The van der Waals surface area contributed by atoms with Gasteiger partial charge in [-0.3, -0.25) is 0 Å². The van der Waals surface area contributed by atoms with Crippen molar-refractivity contribution in [3.05, 3.63) is 71.8 Å². The van der Waals surface area contributed by atoms with Crippen molar-refractivity contribution in [2.24, 2.45) is 5.92 Å². The summed E-state index contributed by atoms with van der Waals surface area (Å²) in [5.41, 5.74) is 2.27.